The molecule has 0 bridgehead atoms. The van der Waals surface area contributed by atoms with Gasteiger partial charge in [-0.1, -0.05) is 24.1 Å². The van der Waals surface area contributed by atoms with Gasteiger partial charge >= 0.3 is 0 Å². The maximum absolute atomic E-state index is 12.2. The van der Waals surface area contributed by atoms with Gasteiger partial charge in [0.05, 0.1) is 24.2 Å². The zero-order valence-corrected chi connectivity index (χ0v) is 12.2. The predicted octanol–water partition coefficient (Wildman–Crippen LogP) is 1.97. The monoisotopic (exact) mass is 283 g/mol. The zero-order chi connectivity index (χ0) is 14.0. The van der Waals surface area contributed by atoms with Crippen LogP contribution in [-0.4, -0.2) is 26.5 Å². The molecule has 1 heterocycles. The van der Waals surface area contributed by atoms with E-state index in [-0.39, 0.29) is 5.75 Å². The van der Waals surface area contributed by atoms with E-state index in [0.29, 0.717) is 12.2 Å². The van der Waals surface area contributed by atoms with Crippen molar-refractivity contribution in [1.29, 1.82) is 0 Å². The van der Waals surface area contributed by atoms with Gasteiger partial charge in [0, 0.05) is 5.56 Å². The number of benzene rings is 1. The van der Waals surface area contributed by atoms with Crippen LogP contribution in [0, 0.1) is 6.92 Å². The lowest BCUT2D eigenvalue weighted by Gasteiger charge is -2.28. The molecule has 0 amide bonds. The summed E-state index contributed by atoms with van der Waals surface area (Å²) in [5, 5.41) is -0.489. The van der Waals surface area contributed by atoms with Crippen LogP contribution in [0.5, 0.6) is 5.75 Å². The van der Waals surface area contributed by atoms with Crippen molar-refractivity contribution in [1.82, 2.24) is 0 Å². The molecule has 5 heteroatoms. The van der Waals surface area contributed by atoms with E-state index in [2.05, 4.69) is 0 Å². The van der Waals surface area contributed by atoms with Gasteiger partial charge in [0.1, 0.15) is 5.75 Å². The summed E-state index contributed by atoms with van der Waals surface area (Å²) in [7, 11) is -1.51. The Labute approximate surface area is 114 Å². The molecule has 19 heavy (non-hydrogen) atoms. The summed E-state index contributed by atoms with van der Waals surface area (Å²) in [6.07, 6.45) is 2.31. The second-order valence-electron chi connectivity index (χ2n) is 5.17. The predicted molar refractivity (Wildman–Crippen MR) is 76.1 cm³/mol. The van der Waals surface area contributed by atoms with Crippen molar-refractivity contribution in [2.45, 2.75) is 37.5 Å². The molecule has 1 aromatic carbocycles. The van der Waals surface area contributed by atoms with Gasteiger partial charge in [-0.2, -0.15) is 0 Å². The highest BCUT2D eigenvalue weighted by molar-refractivity contribution is 7.92. The van der Waals surface area contributed by atoms with E-state index in [9.17, 15) is 8.42 Å². The molecule has 2 rings (SSSR count). The molecule has 2 unspecified atom stereocenters. The molecule has 0 aromatic heterocycles. The van der Waals surface area contributed by atoms with E-state index in [1.807, 2.05) is 25.1 Å². The van der Waals surface area contributed by atoms with Crippen LogP contribution in [0.2, 0.25) is 0 Å². The third-order valence-corrected chi connectivity index (χ3v) is 6.08. The molecule has 1 aliphatic rings. The van der Waals surface area contributed by atoms with Gasteiger partial charge in [0.25, 0.3) is 0 Å². The van der Waals surface area contributed by atoms with Crippen LogP contribution in [-0.2, 0) is 9.84 Å². The highest BCUT2D eigenvalue weighted by atomic mass is 32.2. The lowest BCUT2D eigenvalue weighted by Crippen LogP contribution is -2.38. The Hall–Kier alpha value is -1.07. The number of methoxy groups -OCH3 is 1. The van der Waals surface area contributed by atoms with E-state index in [4.69, 9.17) is 10.5 Å². The van der Waals surface area contributed by atoms with Crippen molar-refractivity contribution in [3.8, 4) is 5.75 Å². The lowest BCUT2D eigenvalue weighted by molar-refractivity contribution is 0.402. The SMILES string of the molecule is COc1ccc(C)cc1C(N)C1CCCCS1(=O)=O. The van der Waals surface area contributed by atoms with Crippen LogP contribution >= 0.6 is 0 Å². The minimum absolute atomic E-state index is 0.250. The highest BCUT2D eigenvalue weighted by Crippen LogP contribution is 2.33. The first-order valence-electron chi connectivity index (χ1n) is 6.57. The number of sulfone groups is 1. The molecule has 0 spiro atoms. The van der Waals surface area contributed by atoms with Crippen LogP contribution in [0.4, 0.5) is 0 Å². The standard InChI is InChI=1S/C14H21NO3S/c1-10-6-7-12(18-2)11(9-10)14(15)13-5-3-4-8-19(13,16)17/h6-7,9,13-14H,3-5,8,15H2,1-2H3. The summed E-state index contributed by atoms with van der Waals surface area (Å²) >= 11 is 0. The summed E-state index contributed by atoms with van der Waals surface area (Å²) in [4.78, 5) is 0. The fraction of sp³-hybridized carbons (Fsp3) is 0.571. The molecule has 4 nitrogen and oxygen atoms in total. The normalized spacial score (nSPS) is 23.8. The molecule has 1 saturated heterocycles. The van der Waals surface area contributed by atoms with E-state index < -0.39 is 21.1 Å². The van der Waals surface area contributed by atoms with Gasteiger partial charge < -0.3 is 10.5 Å². The highest BCUT2D eigenvalue weighted by Gasteiger charge is 2.35. The maximum atomic E-state index is 12.2. The van der Waals surface area contributed by atoms with Crippen LogP contribution in [0.1, 0.15) is 36.4 Å². The minimum atomic E-state index is -3.09. The lowest BCUT2D eigenvalue weighted by atomic mass is 9.98. The fourth-order valence-corrected chi connectivity index (χ4v) is 4.73. The number of hydrogen-bond donors (Lipinski definition) is 1. The van der Waals surface area contributed by atoms with E-state index in [1.165, 1.54) is 0 Å². The first-order chi connectivity index (χ1) is 8.95. The first-order valence-corrected chi connectivity index (χ1v) is 8.29. The average molecular weight is 283 g/mol. The summed E-state index contributed by atoms with van der Waals surface area (Å²) in [5.41, 5.74) is 8.08. The van der Waals surface area contributed by atoms with Crippen molar-refractivity contribution in [2.24, 2.45) is 5.73 Å². The van der Waals surface area contributed by atoms with Gasteiger partial charge in [-0.3, -0.25) is 0 Å². The second-order valence-corrected chi connectivity index (χ2v) is 7.51. The molecule has 0 radical (unpaired) electrons. The van der Waals surface area contributed by atoms with Gasteiger partial charge in [-0.15, -0.1) is 0 Å². The van der Waals surface area contributed by atoms with Gasteiger partial charge in [-0.05, 0) is 25.8 Å². The minimum Gasteiger partial charge on any atom is -0.496 e. The zero-order valence-electron chi connectivity index (χ0n) is 11.4. The smallest absolute Gasteiger partial charge is 0.155 e. The molecular formula is C14H21NO3S. The second kappa shape index (κ2) is 5.51. The average Bonchev–Trinajstić information content (AvgIpc) is 2.37. The molecule has 106 valence electrons. The molecule has 1 aliphatic heterocycles. The van der Waals surface area contributed by atoms with Crippen molar-refractivity contribution in [3.05, 3.63) is 29.3 Å². The number of ether oxygens (including phenoxy) is 1. The topological polar surface area (TPSA) is 69.4 Å². The van der Waals surface area contributed by atoms with Crippen molar-refractivity contribution in [2.75, 3.05) is 12.9 Å². The molecule has 0 aliphatic carbocycles. The Balaban J connectivity index is 2.38. The van der Waals surface area contributed by atoms with Crippen LogP contribution < -0.4 is 10.5 Å². The first kappa shape index (κ1) is 14.3. The number of hydrogen-bond acceptors (Lipinski definition) is 4. The molecule has 2 N–H and O–H groups in total. The largest absolute Gasteiger partial charge is 0.496 e. The molecule has 2 atom stereocenters. The van der Waals surface area contributed by atoms with Gasteiger partial charge in [0.2, 0.25) is 0 Å². The molecule has 1 aromatic rings. The Morgan fingerprint density at radius 3 is 2.74 bits per heavy atom. The van der Waals surface area contributed by atoms with Gasteiger partial charge in [-0.25, -0.2) is 8.42 Å². The van der Waals surface area contributed by atoms with Crippen LogP contribution in [0.15, 0.2) is 18.2 Å². The fourth-order valence-electron chi connectivity index (χ4n) is 2.70. The Bertz CT molecular complexity index is 554. The van der Waals surface area contributed by atoms with E-state index >= 15 is 0 Å². The third kappa shape index (κ3) is 2.92. The quantitative estimate of drug-likeness (QED) is 0.920. The van der Waals surface area contributed by atoms with Crippen LogP contribution in [0.25, 0.3) is 0 Å². The molecule has 1 fully saturated rings. The van der Waals surface area contributed by atoms with Crippen molar-refractivity contribution < 1.29 is 13.2 Å². The number of nitrogens with two attached hydrogens (primary N) is 1. The summed E-state index contributed by atoms with van der Waals surface area (Å²) in [6.45, 7) is 1.96. The molecular weight excluding hydrogens is 262 g/mol. The van der Waals surface area contributed by atoms with Crippen molar-refractivity contribution >= 4 is 9.84 Å². The van der Waals surface area contributed by atoms with Gasteiger partial charge in [0.15, 0.2) is 9.84 Å². The van der Waals surface area contributed by atoms with Crippen molar-refractivity contribution in [3.63, 3.8) is 0 Å². The third-order valence-electron chi connectivity index (χ3n) is 3.77. The molecule has 0 saturated carbocycles. The number of aryl methyl sites for hydroxylation is 1. The Morgan fingerprint density at radius 2 is 2.11 bits per heavy atom. The Kier molecular flexibility index (Phi) is 4.16. The van der Waals surface area contributed by atoms with E-state index in [1.54, 1.807) is 7.11 Å². The maximum Gasteiger partial charge on any atom is 0.155 e. The summed E-state index contributed by atoms with van der Waals surface area (Å²) < 4.78 is 29.6. The summed E-state index contributed by atoms with van der Waals surface area (Å²) in [6, 6.07) is 5.19. The Morgan fingerprint density at radius 1 is 1.37 bits per heavy atom. The summed E-state index contributed by atoms with van der Waals surface area (Å²) in [5.74, 6) is 0.915. The van der Waals surface area contributed by atoms with Crippen LogP contribution in [0.3, 0.4) is 0 Å². The van der Waals surface area contributed by atoms with E-state index in [0.717, 1.165) is 24.0 Å². The number of rotatable bonds is 3.